The van der Waals surface area contributed by atoms with E-state index in [2.05, 4.69) is 4.98 Å². The first-order valence-electron chi connectivity index (χ1n) is 2.76. The van der Waals surface area contributed by atoms with Crippen LogP contribution in [0.25, 0.3) is 0 Å². The van der Waals surface area contributed by atoms with Gasteiger partial charge in [0.25, 0.3) is 0 Å². The Morgan fingerprint density at radius 2 is 1.83 bits per heavy atom. The highest BCUT2D eigenvalue weighted by atomic mass is 32.3. The SMILES string of the molecule is Oc1cnc(=S(O)(O)(O)O)[nH]c1. The topological polar surface area (TPSA) is 130 Å². The summed E-state index contributed by atoms with van der Waals surface area (Å²) in [6.45, 7) is 0. The minimum Gasteiger partial charge on any atom is -0.505 e. The van der Waals surface area contributed by atoms with Crippen LogP contribution in [-0.4, -0.2) is 33.3 Å². The van der Waals surface area contributed by atoms with Gasteiger partial charge in [0.15, 0.2) is 9.87 Å². The average molecular weight is 196 g/mol. The minimum absolute atomic E-state index is 0.268. The number of aromatic nitrogens is 2. The number of H-pyrrole nitrogens is 1. The van der Waals surface area contributed by atoms with Crippen molar-refractivity contribution in [2.24, 2.45) is 0 Å². The molecule has 1 aromatic rings. The number of hydrogen-bond donors (Lipinski definition) is 6. The zero-order valence-corrected chi connectivity index (χ0v) is 6.56. The molecule has 0 aliphatic carbocycles. The fraction of sp³-hybridized carbons (Fsp3) is 0. The van der Waals surface area contributed by atoms with E-state index in [1.807, 2.05) is 4.98 Å². The Bertz CT molecular complexity index is 360. The van der Waals surface area contributed by atoms with E-state index in [1.54, 1.807) is 0 Å². The smallest absolute Gasteiger partial charge is 0.233 e. The summed E-state index contributed by atoms with van der Waals surface area (Å²) in [6.07, 6.45) is 1.76. The molecule has 0 spiro atoms. The van der Waals surface area contributed by atoms with Crippen LogP contribution in [0.15, 0.2) is 12.4 Å². The first-order chi connectivity index (χ1) is 5.26. The van der Waals surface area contributed by atoms with Gasteiger partial charge in [-0.1, -0.05) is 0 Å². The third-order valence-electron chi connectivity index (χ3n) is 1.00. The molecule has 0 atom stereocenters. The molecule has 1 aromatic heterocycles. The molecule has 0 unspecified atom stereocenters. The highest BCUT2D eigenvalue weighted by Crippen LogP contribution is 2.42. The predicted molar refractivity (Wildman–Crippen MR) is 41.6 cm³/mol. The maximum atomic E-state index is 8.70. The van der Waals surface area contributed by atoms with Crippen LogP contribution >= 0.6 is 9.87 Å². The number of hydrogen-bond acceptors (Lipinski definition) is 6. The van der Waals surface area contributed by atoms with Gasteiger partial charge in [-0.2, -0.15) is 0 Å². The highest BCUT2D eigenvalue weighted by molar-refractivity contribution is 8.24. The van der Waals surface area contributed by atoms with Crippen molar-refractivity contribution in [3.63, 3.8) is 0 Å². The summed E-state index contributed by atoms with van der Waals surface area (Å²) in [5.41, 5.74) is 0. The molecule has 8 heteroatoms. The normalized spacial score (nSPS) is 15.2. The largest absolute Gasteiger partial charge is 0.505 e. The summed E-state index contributed by atoms with van der Waals surface area (Å²) in [7, 11) is -5.56. The molecule has 0 aliphatic rings. The van der Waals surface area contributed by atoms with Crippen molar-refractivity contribution < 1.29 is 23.3 Å². The molecule has 0 aromatic carbocycles. The van der Waals surface area contributed by atoms with E-state index >= 15 is 0 Å². The molecular formula is C4H8N2O5S. The average Bonchev–Trinajstić information content (AvgIpc) is 1.84. The van der Waals surface area contributed by atoms with E-state index in [-0.39, 0.29) is 5.75 Å². The van der Waals surface area contributed by atoms with Gasteiger partial charge in [-0.3, -0.25) is 18.2 Å². The van der Waals surface area contributed by atoms with Gasteiger partial charge in [0.1, 0.15) is 5.75 Å². The Kier molecular flexibility index (Phi) is 1.74. The molecule has 0 aliphatic heterocycles. The van der Waals surface area contributed by atoms with Gasteiger partial charge in [0, 0.05) is 6.20 Å². The van der Waals surface area contributed by atoms with Gasteiger partial charge in [0.05, 0.1) is 6.20 Å². The molecule has 6 N–H and O–H groups in total. The Labute approximate surface area is 66.9 Å². The Morgan fingerprint density at radius 1 is 1.25 bits per heavy atom. The van der Waals surface area contributed by atoms with E-state index in [1.165, 1.54) is 0 Å². The Hall–Kier alpha value is -0.930. The molecule has 7 nitrogen and oxygen atoms in total. The van der Waals surface area contributed by atoms with Crippen molar-refractivity contribution in [3.8, 4) is 5.75 Å². The molecule has 0 bridgehead atoms. The second kappa shape index (κ2) is 2.28. The molecule has 0 radical (unpaired) electrons. The van der Waals surface area contributed by atoms with Crippen LogP contribution in [0, 0.1) is 4.77 Å². The van der Waals surface area contributed by atoms with Gasteiger partial charge in [-0.05, 0) is 0 Å². The standard InChI is InChI=1S/C4H8N2O5S/c7-3-1-5-4(6-2-3)12(8,9,10)11/h1-2,5,7-11H. The van der Waals surface area contributed by atoms with Gasteiger partial charge in [-0.25, -0.2) is 4.98 Å². The first kappa shape index (κ1) is 9.16. The van der Waals surface area contributed by atoms with E-state index in [9.17, 15) is 0 Å². The quantitative estimate of drug-likeness (QED) is 0.341. The molecule has 70 valence electrons. The molecule has 12 heavy (non-hydrogen) atoms. The van der Waals surface area contributed by atoms with Crippen LogP contribution < -0.4 is 0 Å². The Morgan fingerprint density at radius 3 is 2.17 bits per heavy atom. The number of aromatic amines is 1. The van der Waals surface area contributed by atoms with Crippen molar-refractivity contribution in [3.05, 3.63) is 17.2 Å². The fourth-order valence-corrected chi connectivity index (χ4v) is 1.05. The number of nitrogens with one attached hydrogen (secondary N) is 1. The van der Waals surface area contributed by atoms with E-state index in [0.717, 1.165) is 12.4 Å². The van der Waals surface area contributed by atoms with Gasteiger partial charge in [0.2, 0.25) is 4.77 Å². The van der Waals surface area contributed by atoms with Crippen LogP contribution in [0.5, 0.6) is 5.75 Å². The highest BCUT2D eigenvalue weighted by Gasteiger charge is 2.18. The molecule has 1 rings (SSSR count). The van der Waals surface area contributed by atoms with E-state index in [4.69, 9.17) is 23.3 Å². The first-order valence-corrected chi connectivity index (χ1v) is 4.62. The van der Waals surface area contributed by atoms with E-state index < -0.39 is 14.6 Å². The maximum absolute atomic E-state index is 8.70. The van der Waals surface area contributed by atoms with Crippen LogP contribution in [0.4, 0.5) is 0 Å². The summed E-state index contributed by atoms with van der Waals surface area (Å²) >= 11 is 0. The third-order valence-corrected chi connectivity index (χ3v) is 1.92. The molecule has 0 saturated carbocycles. The predicted octanol–water partition coefficient (Wildman–Crippen LogP) is 0.880. The molecule has 0 amide bonds. The summed E-state index contributed by atoms with van der Waals surface area (Å²) in [5.74, 6) is -0.268. The van der Waals surface area contributed by atoms with Crippen LogP contribution in [-0.2, 0) is 0 Å². The summed E-state index contributed by atoms with van der Waals surface area (Å²) in [5, 5.41) is 8.70. The lowest BCUT2D eigenvalue weighted by atomic mass is 10.6. The van der Waals surface area contributed by atoms with Gasteiger partial charge in [-0.15, -0.1) is 0 Å². The Balaban J connectivity index is 3.61. The lowest BCUT2D eigenvalue weighted by Gasteiger charge is -2.22. The minimum atomic E-state index is -5.56. The molecular weight excluding hydrogens is 188 g/mol. The molecule has 0 saturated heterocycles. The number of rotatable bonds is 0. The second-order valence-corrected chi connectivity index (χ2v) is 4.23. The number of nitrogens with zero attached hydrogens (tertiary/aromatic N) is 1. The lowest BCUT2D eigenvalue weighted by Crippen LogP contribution is -2.06. The maximum Gasteiger partial charge on any atom is 0.233 e. The second-order valence-electron chi connectivity index (χ2n) is 2.13. The summed E-state index contributed by atoms with van der Waals surface area (Å²) < 4.78 is 33.8. The molecule has 0 fully saturated rings. The fourth-order valence-electron chi connectivity index (χ4n) is 0.535. The van der Waals surface area contributed by atoms with Crippen LogP contribution in [0.1, 0.15) is 0 Å². The van der Waals surface area contributed by atoms with E-state index in [0.29, 0.717) is 0 Å². The monoisotopic (exact) mass is 196 g/mol. The molecule has 1 heterocycles. The van der Waals surface area contributed by atoms with Gasteiger partial charge >= 0.3 is 0 Å². The lowest BCUT2D eigenvalue weighted by molar-refractivity contribution is 0.263. The van der Waals surface area contributed by atoms with Crippen molar-refractivity contribution in [1.82, 2.24) is 9.97 Å². The van der Waals surface area contributed by atoms with Crippen LogP contribution in [0.2, 0.25) is 0 Å². The zero-order valence-electron chi connectivity index (χ0n) is 5.75. The third kappa shape index (κ3) is 2.03. The van der Waals surface area contributed by atoms with Crippen molar-refractivity contribution in [2.45, 2.75) is 0 Å². The summed E-state index contributed by atoms with van der Waals surface area (Å²) in [4.78, 5) is 5.17. The van der Waals surface area contributed by atoms with Crippen molar-refractivity contribution in [1.29, 1.82) is 0 Å². The summed E-state index contributed by atoms with van der Waals surface area (Å²) in [6, 6.07) is 0. The van der Waals surface area contributed by atoms with Crippen LogP contribution in [0.3, 0.4) is 0 Å². The van der Waals surface area contributed by atoms with Crippen molar-refractivity contribution >= 4 is 9.87 Å². The van der Waals surface area contributed by atoms with Crippen molar-refractivity contribution in [2.75, 3.05) is 0 Å². The zero-order chi connectivity index (χ0) is 9.43. The van der Waals surface area contributed by atoms with Gasteiger partial charge < -0.3 is 10.1 Å². The number of aromatic hydroxyl groups is 1.